The van der Waals surface area contributed by atoms with Crippen molar-refractivity contribution in [3.63, 3.8) is 0 Å². The summed E-state index contributed by atoms with van der Waals surface area (Å²) in [4.78, 5) is 10.3. The number of hydrogen-bond acceptors (Lipinski definition) is 3. The van der Waals surface area contributed by atoms with Crippen LogP contribution in [0, 0.1) is 0 Å². The summed E-state index contributed by atoms with van der Waals surface area (Å²) in [5.41, 5.74) is 0.870. The molecule has 0 unspecified atom stereocenters. The third kappa shape index (κ3) is 11.6. The average Bonchev–Trinajstić information content (AvgIpc) is 2.21. The SMILES string of the molecule is CSCCCCCCNCC(C)=CC(=O)O. The zero-order valence-corrected chi connectivity index (χ0v) is 11.1. The molecule has 0 rings (SSSR count). The number of rotatable bonds is 10. The lowest BCUT2D eigenvalue weighted by Crippen LogP contribution is -2.18. The largest absolute Gasteiger partial charge is 0.478 e. The van der Waals surface area contributed by atoms with E-state index in [1.807, 2.05) is 18.7 Å². The van der Waals surface area contributed by atoms with E-state index in [2.05, 4.69) is 11.6 Å². The Labute approximate surface area is 103 Å². The van der Waals surface area contributed by atoms with Gasteiger partial charge in [-0.1, -0.05) is 18.4 Å². The minimum atomic E-state index is -0.864. The molecule has 0 saturated carbocycles. The first kappa shape index (κ1) is 15.5. The zero-order valence-electron chi connectivity index (χ0n) is 10.3. The van der Waals surface area contributed by atoms with E-state index in [0.29, 0.717) is 6.54 Å². The van der Waals surface area contributed by atoms with E-state index in [4.69, 9.17) is 5.11 Å². The lowest BCUT2D eigenvalue weighted by Gasteiger charge is -2.04. The molecule has 0 atom stereocenters. The molecule has 0 aromatic heterocycles. The van der Waals surface area contributed by atoms with Gasteiger partial charge in [-0.3, -0.25) is 0 Å². The normalized spacial score (nSPS) is 11.8. The number of thioether (sulfide) groups is 1. The second-order valence-electron chi connectivity index (χ2n) is 3.91. The molecule has 0 aliphatic rings. The van der Waals surface area contributed by atoms with Gasteiger partial charge in [0, 0.05) is 12.6 Å². The highest BCUT2D eigenvalue weighted by molar-refractivity contribution is 7.98. The van der Waals surface area contributed by atoms with Gasteiger partial charge in [-0.15, -0.1) is 0 Å². The molecule has 0 aromatic rings. The summed E-state index contributed by atoms with van der Waals surface area (Å²) in [5.74, 6) is 0.393. The van der Waals surface area contributed by atoms with Crippen molar-refractivity contribution in [1.29, 1.82) is 0 Å². The van der Waals surface area contributed by atoms with Gasteiger partial charge in [0.1, 0.15) is 0 Å². The molecule has 0 amide bonds. The van der Waals surface area contributed by atoms with Crippen LogP contribution in [0.15, 0.2) is 11.6 Å². The number of carbonyl (C=O) groups is 1. The van der Waals surface area contributed by atoms with E-state index in [9.17, 15) is 4.79 Å². The Bertz CT molecular complexity index is 217. The molecule has 3 nitrogen and oxygen atoms in total. The van der Waals surface area contributed by atoms with Crippen molar-refractivity contribution in [2.24, 2.45) is 0 Å². The summed E-state index contributed by atoms with van der Waals surface area (Å²) in [6.07, 6.45) is 8.43. The molecule has 94 valence electrons. The lowest BCUT2D eigenvalue weighted by atomic mass is 10.2. The molecule has 0 radical (unpaired) electrons. The van der Waals surface area contributed by atoms with E-state index >= 15 is 0 Å². The highest BCUT2D eigenvalue weighted by Crippen LogP contribution is 2.03. The predicted molar refractivity (Wildman–Crippen MR) is 71.1 cm³/mol. The first-order valence-electron chi connectivity index (χ1n) is 5.76. The Morgan fingerprint density at radius 3 is 2.62 bits per heavy atom. The van der Waals surface area contributed by atoms with Gasteiger partial charge in [0.2, 0.25) is 0 Å². The van der Waals surface area contributed by atoms with Crippen molar-refractivity contribution < 1.29 is 9.90 Å². The van der Waals surface area contributed by atoms with Crippen LogP contribution >= 0.6 is 11.8 Å². The molecule has 0 heterocycles. The number of nitrogens with one attached hydrogen (secondary N) is 1. The van der Waals surface area contributed by atoms with Crippen LogP contribution in [0.25, 0.3) is 0 Å². The minimum Gasteiger partial charge on any atom is -0.478 e. The number of carboxylic acid groups (broad SMARTS) is 1. The zero-order chi connectivity index (χ0) is 12.2. The Morgan fingerprint density at radius 1 is 1.31 bits per heavy atom. The number of hydrogen-bond donors (Lipinski definition) is 2. The maximum atomic E-state index is 10.3. The molecule has 0 spiro atoms. The van der Waals surface area contributed by atoms with Gasteiger partial charge >= 0.3 is 5.97 Å². The van der Waals surface area contributed by atoms with E-state index in [0.717, 1.165) is 12.1 Å². The molecule has 0 bridgehead atoms. The monoisotopic (exact) mass is 245 g/mol. The smallest absolute Gasteiger partial charge is 0.328 e. The van der Waals surface area contributed by atoms with E-state index in [-0.39, 0.29) is 0 Å². The molecule has 2 N–H and O–H groups in total. The Morgan fingerprint density at radius 2 is 2.00 bits per heavy atom. The van der Waals surface area contributed by atoms with Gasteiger partial charge in [-0.2, -0.15) is 11.8 Å². The Balaban J connectivity index is 3.24. The summed E-state index contributed by atoms with van der Waals surface area (Å²) in [6, 6.07) is 0. The van der Waals surface area contributed by atoms with Crippen LogP contribution in [0.5, 0.6) is 0 Å². The second kappa shape index (κ2) is 11.0. The van der Waals surface area contributed by atoms with Gasteiger partial charge in [-0.25, -0.2) is 4.79 Å². The van der Waals surface area contributed by atoms with Crippen LogP contribution in [0.1, 0.15) is 32.6 Å². The molecule has 0 aliphatic carbocycles. The Kier molecular flexibility index (Phi) is 10.7. The maximum absolute atomic E-state index is 10.3. The van der Waals surface area contributed by atoms with E-state index in [1.165, 1.54) is 37.5 Å². The quantitative estimate of drug-likeness (QED) is 0.459. The van der Waals surface area contributed by atoms with Crippen LogP contribution in [0.2, 0.25) is 0 Å². The molecular formula is C12H23NO2S. The van der Waals surface area contributed by atoms with Gasteiger partial charge in [0.25, 0.3) is 0 Å². The van der Waals surface area contributed by atoms with E-state index in [1.54, 1.807) is 0 Å². The van der Waals surface area contributed by atoms with Crippen molar-refractivity contribution in [3.05, 3.63) is 11.6 Å². The third-order valence-corrected chi connectivity index (χ3v) is 2.92. The summed E-state index contributed by atoms with van der Waals surface area (Å²) in [6.45, 7) is 3.49. The van der Waals surface area contributed by atoms with Crippen molar-refractivity contribution >= 4 is 17.7 Å². The van der Waals surface area contributed by atoms with Crippen LogP contribution in [0.4, 0.5) is 0 Å². The molecule has 0 saturated heterocycles. The lowest BCUT2D eigenvalue weighted by molar-refractivity contribution is -0.131. The fraction of sp³-hybridized carbons (Fsp3) is 0.750. The second-order valence-corrected chi connectivity index (χ2v) is 4.90. The summed E-state index contributed by atoms with van der Waals surface area (Å²) >= 11 is 1.90. The number of unbranched alkanes of at least 4 members (excludes halogenated alkanes) is 3. The van der Waals surface area contributed by atoms with Crippen LogP contribution in [0.3, 0.4) is 0 Å². The maximum Gasteiger partial charge on any atom is 0.328 e. The molecule has 0 aliphatic heterocycles. The predicted octanol–water partition coefficient (Wildman–Crippen LogP) is 2.53. The third-order valence-electron chi connectivity index (χ3n) is 2.23. The summed E-state index contributed by atoms with van der Waals surface area (Å²) < 4.78 is 0. The molecule has 0 aromatic carbocycles. The standard InChI is InChI=1S/C12H23NO2S/c1-11(9-12(14)15)10-13-7-5-3-4-6-8-16-2/h9,13H,3-8,10H2,1-2H3,(H,14,15). The van der Waals surface area contributed by atoms with Gasteiger partial charge < -0.3 is 10.4 Å². The minimum absolute atomic E-state index is 0.678. The van der Waals surface area contributed by atoms with Crippen LogP contribution in [-0.4, -0.2) is 36.2 Å². The summed E-state index contributed by atoms with van der Waals surface area (Å²) in [5, 5.41) is 11.7. The molecular weight excluding hydrogens is 222 g/mol. The number of carboxylic acids is 1. The highest BCUT2D eigenvalue weighted by Gasteiger charge is 1.94. The first-order chi connectivity index (χ1) is 7.66. The van der Waals surface area contributed by atoms with Gasteiger partial charge in [-0.05, 0) is 38.3 Å². The van der Waals surface area contributed by atoms with Crippen molar-refractivity contribution in [1.82, 2.24) is 5.32 Å². The van der Waals surface area contributed by atoms with Gasteiger partial charge in [0.05, 0.1) is 0 Å². The molecule has 0 fully saturated rings. The van der Waals surface area contributed by atoms with Crippen molar-refractivity contribution in [2.45, 2.75) is 32.6 Å². The van der Waals surface area contributed by atoms with Crippen molar-refractivity contribution in [3.8, 4) is 0 Å². The van der Waals surface area contributed by atoms with Crippen LogP contribution in [-0.2, 0) is 4.79 Å². The fourth-order valence-corrected chi connectivity index (χ4v) is 1.89. The summed E-state index contributed by atoms with van der Waals surface area (Å²) in [7, 11) is 0. The molecule has 4 heteroatoms. The van der Waals surface area contributed by atoms with Crippen molar-refractivity contribution in [2.75, 3.05) is 25.1 Å². The Hall–Kier alpha value is -0.480. The highest BCUT2D eigenvalue weighted by atomic mass is 32.2. The van der Waals surface area contributed by atoms with Crippen LogP contribution < -0.4 is 5.32 Å². The first-order valence-corrected chi connectivity index (χ1v) is 7.16. The fourth-order valence-electron chi connectivity index (χ4n) is 1.40. The molecule has 16 heavy (non-hydrogen) atoms. The number of aliphatic carboxylic acids is 1. The average molecular weight is 245 g/mol. The van der Waals surface area contributed by atoms with E-state index < -0.39 is 5.97 Å². The van der Waals surface area contributed by atoms with Gasteiger partial charge in [0.15, 0.2) is 0 Å². The topological polar surface area (TPSA) is 49.3 Å².